The van der Waals surface area contributed by atoms with Gasteiger partial charge in [0.2, 0.25) is 6.41 Å². The molecule has 3 amide bonds. The number of hydrazine groups is 1. The standard InChI is InChI=1S/C17H18BrF2N3O4/c1-10-14(16(25)27-2)15(11-4-5-12(19)13(20)8-11)22(7-3-6-18)17(26)23(10)21-9-24/h4-5,8-9,15H,3,6-7H2,1-2H3,(H,21,24). The zero-order valence-electron chi connectivity index (χ0n) is 14.7. The van der Waals surface area contributed by atoms with Crippen LogP contribution in [0.2, 0.25) is 0 Å². The SMILES string of the molecule is COC(=O)C1=C(C)N(NC=O)C(=O)N(CCCBr)C1c1ccc(F)c(F)c1. The second-order valence-corrected chi connectivity index (χ2v) is 6.46. The maximum absolute atomic E-state index is 13.8. The molecule has 0 saturated heterocycles. The first kappa shape index (κ1) is 20.8. The molecule has 0 aromatic heterocycles. The second-order valence-electron chi connectivity index (χ2n) is 5.67. The molecule has 0 saturated carbocycles. The normalized spacial score (nSPS) is 17.2. The van der Waals surface area contributed by atoms with Crippen molar-refractivity contribution in [2.45, 2.75) is 19.4 Å². The number of carbonyl (C=O) groups excluding carboxylic acids is 3. The number of hydrogen-bond donors (Lipinski definition) is 1. The van der Waals surface area contributed by atoms with Crippen LogP contribution in [0.25, 0.3) is 0 Å². The van der Waals surface area contributed by atoms with Gasteiger partial charge in [0.25, 0.3) is 0 Å². The van der Waals surface area contributed by atoms with E-state index in [4.69, 9.17) is 4.74 Å². The van der Waals surface area contributed by atoms with Crippen LogP contribution >= 0.6 is 15.9 Å². The Labute approximate surface area is 163 Å². The van der Waals surface area contributed by atoms with Crippen molar-refractivity contribution in [3.8, 4) is 0 Å². The Hall–Kier alpha value is -2.49. The van der Waals surface area contributed by atoms with Gasteiger partial charge in [-0.1, -0.05) is 22.0 Å². The third-order valence-corrected chi connectivity index (χ3v) is 4.69. The summed E-state index contributed by atoms with van der Waals surface area (Å²) in [5.41, 5.74) is 2.62. The molecule has 146 valence electrons. The number of esters is 1. The molecule has 1 N–H and O–H groups in total. The zero-order valence-corrected chi connectivity index (χ0v) is 16.3. The zero-order chi connectivity index (χ0) is 20.1. The molecule has 0 spiro atoms. The summed E-state index contributed by atoms with van der Waals surface area (Å²) in [5.74, 6) is -2.90. The van der Waals surface area contributed by atoms with Crippen LogP contribution in [0.4, 0.5) is 13.6 Å². The summed E-state index contributed by atoms with van der Waals surface area (Å²) in [5, 5.41) is 1.49. The third kappa shape index (κ3) is 4.10. The molecule has 0 fully saturated rings. The number of amides is 3. The van der Waals surface area contributed by atoms with Gasteiger partial charge in [-0.15, -0.1) is 0 Å². The number of nitrogens with one attached hydrogen (secondary N) is 1. The van der Waals surface area contributed by atoms with Gasteiger partial charge in [0.1, 0.15) is 0 Å². The lowest BCUT2D eigenvalue weighted by atomic mass is 9.93. The first-order chi connectivity index (χ1) is 12.9. The molecule has 1 unspecified atom stereocenters. The lowest BCUT2D eigenvalue weighted by Gasteiger charge is -2.42. The van der Waals surface area contributed by atoms with E-state index in [1.807, 2.05) is 0 Å². The van der Waals surface area contributed by atoms with E-state index in [1.165, 1.54) is 25.0 Å². The van der Waals surface area contributed by atoms with Crippen LogP contribution in [0.15, 0.2) is 29.5 Å². The fraction of sp³-hybridized carbons (Fsp3) is 0.353. The number of methoxy groups -OCH3 is 1. The average molecular weight is 446 g/mol. The Morgan fingerprint density at radius 2 is 2.07 bits per heavy atom. The molecule has 1 aromatic carbocycles. The summed E-state index contributed by atoms with van der Waals surface area (Å²) < 4.78 is 32.0. The highest BCUT2D eigenvalue weighted by Crippen LogP contribution is 2.37. The molecule has 1 atom stereocenters. The van der Waals surface area contributed by atoms with E-state index >= 15 is 0 Å². The predicted molar refractivity (Wildman–Crippen MR) is 95.4 cm³/mol. The first-order valence-electron chi connectivity index (χ1n) is 7.97. The minimum atomic E-state index is -1.10. The Morgan fingerprint density at radius 3 is 2.63 bits per heavy atom. The van der Waals surface area contributed by atoms with Crippen LogP contribution in [0, 0.1) is 11.6 Å². The molecule has 0 radical (unpaired) electrons. The Bertz CT molecular complexity index is 787. The molecule has 1 aromatic rings. The van der Waals surface area contributed by atoms with E-state index < -0.39 is 29.7 Å². The van der Waals surface area contributed by atoms with Crippen LogP contribution in [-0.2, 0) is 14.3 Å². The molecule has 0 bridgehead atoms. The molecule has 0 aliphatic carbocycles. The molecule has 7 nitrogen and oxygen atoms in total. The van der Waals surface area contributed by atoms with E-state index in [9.17, 15) is 23.2 Å². The number of nitrogens with zero attached hydrogens (tertiary/aromatic N) is 2. The lowest BCUT2D eigenvalue weighted by molar-refractivity contribution is -0.137. The maximum atomic E-state index is 13.8. The van der Waals surface area contributed by atoms with Gasteiger partial charge in [-0.3, -0.25) is 10.2 Å². The van der Waals surface area contributed by atoms with Crippen molar-refractivity contribution in [3.05, 3.63) is 46.7 Å². The summed E-state index contributed by atoms with van der Waals surface area (Å²) in [6.07, 6.45) is 0.825. The van der Waals surface area contributed by atoms with Crippen molar-refractivity contribution in [2.75, 3.05) is 19.0 Å². The quantitative estimate of drug-likeness (QED) is 0.397. The van der Waals surface area contributed by atoms with Gasteiger partial charge < -0.3 is 9.64 Å². The van der Waals surface area contributed by atoms with Gasteiger partial charge in [0.15, 0.2) is 11.6 Å². The van der Waals surface area contributed by atoms with E-state index in [0.717, 1.165) is 17.1 Å². The largest absolute Gasteiger partial charge is 0.466 e. The third-order valence-electron chi connectivity index (χ3n) is 4.13. The van der Waals surface area contributed by atoms with Gasteiger partial charge in [0, 0.05) is 11.9 Å². The average Bonchev–Trinajstić information content (AvgIpc) is 2.65. The number of ether oxygens (including phenoxy) is 1. The minimum Gasteiger partial charge on any atom is -0.466 e. The molecule has 1 aliphatic heterocycles. The van der Waals surface area contributed by atoms with Gasteiger partial charge in [-0.05, 0) is 31.0 Å². The second kappa shape index (κ2) is 8.94. The van der Waals surface area contributed by atoms with Crippen LogP contribution in [-0.4, -0.2) is 47.3 Å². The number of alkyl halides is 1. The lowest BCUT2D eigenvalue weighted by Crippen LogP contribution is -2.55. The fourth-order valence-corrected chi connectivity index (χ4v) is 3.17. The van der Waals surface area contributed by atoms with Crippen LogP contribution in [0.5, 0.6) is 0 Å². The number of rotatable bonds is 7. The van der Waals surface area contributed by atoms with Gasteiger partial charge in [-0.2, -0.15) is 0 Å². The summed E-state index contributed by atoms with van der Waals surface area (Å²) in [4.78, 5) is 37.5. The van der Waals surface area contributed by atoms with Crippen molar-refractivity contribution >= 4 is 34.3 Å². The van der Waals surface area contributed by atoms with E-state index in [1.54, 1.807) is 0 Å². The number of allylic oxidation sites excluding steroid dienone is 1. The highest BCUT2D eigenvalue weighted by atomic mass is 79.9. The highest BCUT2D eigenvalue weighted by molar-refractivity contribution is 9.09. The smallest absolute Gasteiger partial charge is 0.343 e. The first-order valence-corrected chi connectivity index (χ1v) is 9.10. The Balaban J connectivity index is 2.69. The van der Waals surface area contributed by atoms with Gasteiger partial charge in [-0.25, -0.2) is 23.4 Å². The van der Waals surface area contributed by atoms with Crippen molar-refractivity contribution in [2.24, 2.45) is 0 Å². The monoisotopic (exact) mass is 445 g/mol. The molecule has 27 heavy (non-hydrogen) atoms. The number of carbonyl (C=O) groups is 3. The Kier molecular flexibility index (Phi) is 6.89. The number of halogens is 3. The summed E-state index contributed by atoms with van der Waals surface area (Å²) in [7, 11) is 1.17. The molecule has 2 rings (SSSR count). The fourth-order valence-electron chi connectivity index (χ4n) is 2.91. The van der Waals surface area contributed by atoms with Gasteiger partial charge >= 0.3 is 12.0 Å². The van der Waals surface area contributed by atoms with Crippen molar-refractivity contribution < 1.29 is 27.9 Å². The van der Waals surface area contributed by atoms with E-state index in [2.05, 4.69) is 21.4 Å². The number of urea groups is 1. The van der Waals surface area contributed by atoms with Crippen molar-refractivity contribution in [3.63, 3.8) is 0 Å². The molecule has 1 aliphatic rings. The molecule has 10 heteroatoms. The maximum Gasteiger partial charge on any atom is 0.343 e. The van der Waals surface area contributed by atoms with Crippen molar-refractivity contribution in [1.29, 1.82) is 0 Å². The summed E-state index contributed by atoms with van der Waals surface area (Å²) in [6.45, 7) is 1.65. The van der Waals surface area contributed by atoms with E-state index in [0.29, 0.717) is 18.2 Å². The van der Waals surface area contributed by atoms with E-state index in [-0.39, 0.29) is 23.4 Å². The van der Waals surface area contributed by atoms with Crippen LogP contribution in [0.3, 0.4) is 0 Å². The van der Waals surface area contributed by atoms with Crippen molar-refractivity contribution in [1.82, 2.24) is 15.3 Å². The van der Waals surface area contributed by atoms with Gasteiger partial charge in [0.05, 0.1) is 24.4 Å². The summed E-state index contributed by atoms with van der Waals surface area (Å²) in [6, 6.07) is 1.56. The number of hydrogen-bond acceptors (Lipinski definition) is 4. The van der Waals surface area contributed by atoms with Crippen LogP contribution in [0.1, 0.15) is 24.9 Å². The Morgan fingerprint density at radius 1 is 1.37 bits per heavy atom. The minimum absolute atomic E-state index is 0.0343. The number of benzene rings is 1. The summed E-state index contributed by atoms with van der Waals surface area (Å²) >= 11 is 3.27. The van der Waals surface area contributed by atoms with Crippen LogP contribution < -0.4 is 5.43 Å². The molecular formula is C17H18BrF2N3O4. The molecule has 1 heterocycles. The molecular weight excluding hydrogens is 428 g/mol. The predicted octanol–water partition coefficient (Wildman–Crippen LogP) is 2.64. The highest BCUT2D eigenvalue weighted by Gasteiger charge is 2.42. The topological polar surface area (TPSA) is 79.0 Å².